The first-order chi connectivity index (χ1) is 9.22. The van der Waals surface area contributed by atoms with E-state index < -0.39 is 0 Å². The van der Waals surface area contributed by atoms with Crippen LogP contribution in [0.3, 0.4) is 0 Å². The molecule has 4 heteroatoms. The van der Waals surface area contributed by atoms with Gasteiger partial charge in [0.1, 0.15) is 5.82 Å². The summed E-state index contributed by atoms with van der Waals surface area (Å²) in [6.07, 6.45) is 3.93. The minimum atomic E-state index is -0.179. The van der Waals surface area contributed by atoms with E-state index in [4.69, 9.17) is 0 Å². The summed E-state index contributed by atoms with van der Waals surface area (Å²) in [4.78, 5) is 5.16. The summed E-state index contributed by atoms with van der Waals surface area (Å²) in [5, 5.41) is 0. The fraction of sp³-hybridized carbons (Fsp3) is 0.600. The van der Waals surface area contributed by atoms with Crippen molar-refractivity contribution in [1.82, 2.24) is 9.80 Å². The fourth-order valence-corrected chi connectivity index (χ4v) is 3.75. The van der Waals surface area contributed by atoms with Crippen molar-refractivity contribution in [1.29, 1.82) is 0 Å². The largest absolute Gasteiger partial charge is 0.299 e. The predicted molar refractivity (Wildman–Crippen MR) is 78.6 cm³/mol. The minimum absolute atomic E-state index is 0.179. The molecule has 2 saturated heterocycles. The number of fused-ring (bicyclic) bond motifs is 1. The Bertz CT molecular complexity index is 452. The van der Waals surface area contributed by atoms with Gasteiger partial charge in [0.2, 0.25) is 0 Å². The van der Waals surface area contributed by atoms with E-state index in [1.807, 2.05) is 12.1 Å². The van der Waals surface area contributed by atoms with Gasteiger partial charge in [0, 0.05) is 19.1 Å². The first kappa shape index (κ1) is 13.5. The molecule has 1 aromatic carbocycles. The third-order valence-corrected chi connectivity index (χ3v) is 4.89. The molecule has 0 unspecified atom stereocenters. The van der Waals surface area contributed by atoms with Crippen molar-refractivity contribution in [2.45, 2.75) is 31.8 Å². The second-order valence-corrected chi connectivity index (χ2v) is 6.52. The first-order valence-electron chi connectivity index (χ1n) is 7.13. The summed E-state index contributed by atoms with van der Waals surface area (Å²) >= 11 is 3.27. The van der Waals surface area contributed by atoms with Crippen molar-refractivity contribution in [3.63, 3.8) is 0 Å². The average Bonchev–Trinajstić information content (AvgIpc) is 2.73. The lowest BCUT2D eigenvalue weighted by Crippen LogP contribution is -2.36. The van der Waals surface area contributed by atoms with Gasteiger partial charge in [-0.2, -0.15) is 0 Å². The van der Waals surface area contributed by atoms with E-state index in [1.54, 1.807) is 6.07 Å². The van der Waals surface area contributed by atoms with Crippen molar-refractivity contribution >= 4 is 15.9 Å². The topological polar surface area (TPSA) is 6.48 Å². The molecular weight excluding hydrogens is 307 g/mol. The molecule has 0 spiro atoms. The number of halogens is 2. The van der Waals surface area contributed by atoms with Crippen molar-refractivity contribution in [3.8, 4) is 0 Å². The number of hydrogen-bond donors (Lipinski definition) is 0. The van der Waals surface area contributed by atoms with Crippen LogP contribution in [0.2, 0.25) is 0 Å². The SMILES string of the molecule is Fc1ccc(CN2CCCN3CCC[C@@H]3C2)cc1Br. The Morgan fingerprint density at radius 1 is 1.21 bits per heavy atom. The molecule has 19 heavy (non-hydrogen) atoms. The van der Waals surface area contributed by atoms with Gasteiger partial charge in [-0.05, 0) is 72.5 Å². The van der Waals surface area contributed by atoms with Crippen LogP contribution >= 0.6 is 15.9 Å². The van der Waals surface area contributed by atoms with E-state index in [0.29, 0.717) is 4.47 Å². The molecule has 0 bridgehead atoms. The van der Waals surface area contributed by atoms with Gasteiger partial charge >= 0.3 is 0 Å². The minimum Gasteiger partial charge on any atom is -0.299 e. The Hall–Kier alpha value is -0.450. The molecule has 0 amide bonds. The fourth-order valence-electron chi connectivity index (χ4n) is 3.32. The van der Waals surface area contributed by atoms with E-state index >= 15 is 0 Å². The van der Waals surface area contributed by atoms with Crippen molar-refractivity contribution in [2.75, 3.05) is 26.2 Å². The summed E-state index contributed by atoms with van der Waals surface area (Å²) in [6, 6.07) is 6.11. The van der Waals surface area contributed by atoms with E-state index in [-0.39, 0.29) is 5.82 Å². The Kier molecular flexibility index (Phi) is 4.20. The molecule has 2 aliphatic rings. The van der Waals surface area contributed by atoms with Crippen LogP contribution < -0.4 is 0 Å². The molecule has 1 aromatic rings. The lowest BCUT2D eigenvalue weighted by molar-refractivity contribution is 0.215. The predicted octanol–water partition coefficient (Wildman–Crippen LogP) is 3.26. The molecule has 2 fully saturated rings. The molecule has 2 heterocycles. The normalized spacial score (nSPS) is 25.3. The molecule has 2 nitrogen and oxygen atoms in total. The zero-order valence-corrected chi connectivity index (χ0v) is 12.7. The van der Waals surface area contributed by atoms with E-state index in [2.05, 4.69) is 25.7 Å². The van der Waals surface area contributed by atoms with Crippen LogP contribution in [0.5, 0.6) is 0 Å². The van der Waals surface area contributed by atoms with Gasteiger partial charge in [-0.1, -0.05) is 6.07 Å². The van der Waals surface area contributed by atoms with Crippen LogP contribution in [-0.4, -0.2) is 42.0 Å². The number of benzene rings is 1. The maximum Gasteiger partial charge on any atom is 0.137 e. The maximum absolute atomic E-state index is 13.3. The molecule has 0 radical (unpaired) electrons. The summed E-state index contributed by atoms with van der Waals surface area (Å²) in [5.41, 5.74) is 1.19. The highest BCUT2D eigenvalue weighted by atomic mass is 79.9. The van der Waals surface area contributed by atoms with Gasteiger partial charge in [0.25, 0.3) is 0 Å². The van der Waals surface area contributed by atoms with Gasteiger partial charge in [-0.15, -0.1) is 0 Å². The highest BCUT2D eigenvalue weighted by Gasteiger charge is 2.28. The van der Waals surface area contributed by atoms with Gasteiger partial charge in [0.15, 0.2) is 0 Å². The van der Waals surface area contributed by atoms with Gasteiger partial charge in [-0.25, -0.2) is 4.39 Å². The van der Waals surface area contributed by atoms with Gasteiger partial charge < -0.3 is 0 Å². The quantitative estimate of drug-likeness (QED) is 0.823. The molecule has 0 N–H and O–H groups in total. The van der Waals surface area contributed by atoms with E-state index in [9.17, 15) is 4.39 Å². The average molecular weight is 327 g/mol. The molecule has 0 aromatic heterocycles. The third-order valence-electron chi connectivity index (χ3n) is 4.28. The third kappa shape index (κ3) is 3.18. The Labute approximate surface area is 122 Å². The zero-order chi connectivity index (χ0) is 13.2. The molecule has 0 saturated carbocycles. The summed E-state index contributed by atoms with van der Waals surface area (Å²) in [6.45, 7) is 5.77. The Morgan fingerprint density at radius 2 is 2.05 bits per heavy atom. The van der Waals surface area contributed by atoms with Crippen molar-refractivity contribution in [3.05, 3.63) is 34.1 Å². The molecule has 2 aliphatic heterocycles. The maximum atomic E-state index is 13.3. The van der Waals surface area contributed by atoms with Crippen LogP contribution in [-0.2, 0) is 6.54 Å². The van der Waals surface area contributed by atoms with Gasteiger partial charge in [0.05, 0.1) is 4.47 Å². The van der Waals surface area contributed by atoms with Gasteiger partial charge in [-0.3, -0.25) is 9.80 Å². The van der Waals surface area contributed by atoms with E-state index in [0.717, 1.165) is 25.7 Å². The summed E-state index contributed by atoms with van der Waals surface area (Å²) in [5.74, 6) is -0.179. The second kappa shape index (κ2) is 5.90. The molecule has 0 aliphatic carbocycles. The lowest BCUT2D eigenvalue weighted by atomic mass is 10.1. The van der Waals surface area contributed by atoms with E-state index in [1.165, 1.54) is 37.9 Å². The van der Waals surface area contributed by atoms with Crippen molar-refractivity contribution < 1.29 is 4.39 Å². The summed E-state index contributed by atoms with van der Waals surface area (Å²) in [7, 11) is 0. The number of hydrogen-bond acceptors (Lipinski definition) is 2. The van der Waals surface area contributed by atoms with Crippen LogP contribution in [0.15, 0.2) is 22.7 Å². The molecule has 1 atom stereocenters. The van der Waals surface area contributed by atoms with Crippen molar-refractivity contribution in [2.24, 2.45) is 0 Å². The Balaban J connectivity index is 1.66. The van der Waals surface area contributed by atoms with Crippen LogP contribution in [0.4, 0.5) is 4.39 Å². The second-order valence-electron chi connectivity index (χ2n) is 5.67. The standard InChI is InChI=1S/C15H20BrFN2/c16-14-9-12(4-5-15(14)17)10-18-6-2-8-19-7-1-3-13(19)11-18/h4-5,9,13H,1-3,6-8,10-11H2/t13-/m1/s1. The first-order valence-corrected chi connectivity index (χ1v) is 7.92. The van der Waals surface area contributed by atoms with Crippen LogP contribution in [0.25, 0.3) is 0 Å². The molecule has 104 valence electrons. The Morgan fingerprint density at radius 3 is 2.89 bits per heavy atom. The van der Waals surface area contributed by atoms with Crippen LogP contribution in [0, 0.1) is 5.82 Å². The molecule has 3 rings (SSSR count). The number of rotatable bonds is 2. The summed E-state index contributed by atoms with van der Waals surface area (Å²) < 4.78 is 13.8. The highest BCUT2D eigenvalue weighted by Crippen LogP contribution is 2.23. The lowest BCUT2D eigenvalue weighted by Gasteiger charge is -2.25. The highest BCUT2D eigenvalue weighted by molar-refractivity contribution is 9.10. The zero-order valence-electron chi connectivity index (χ0n) is 11.1. The smallest absolute Gasteiger partial charge is 0.137 e. The molecular formula is C15H20BrFN2. The number of nitrogens with zero attached hydrogens (tertiary/aromatic N) is 2. The van der Waals surface area contributed by atoms with Crippen LogP contribution in [0.1, 0.15) is 24.8 Å². The monoisotopic (exact) mass is 326 g/mol.